The summed E-state index contributed by atoms with van der Waals surface area (Å²) in [5, 5.41) is 0. The summed E-state index contributed by atoms with van der Waals surface area (Å²) in [7, 11) is 1.32. The number of carbonyl (C=O) groups excluding carboxylic acids is 2. The highest BCUT2D eigenvalue weighted by Crippen LogP contribution is 2.27. The molecule has 1 amide bonds. The summed E-state index contributed by atoms with van der Waals surface area (Å²) in [5.41, 5.74) is 0. The van der Waals surface area contributed by atoms with Crippen LogP contribution in [0.1, 0.15) is 6.42 Å². The van der Waals surface area contributed by atoms with Crippen LogP contribution in [0.3, 0.4) is 0 Å². The molecule has 2 heterocycles. The maximum atomic E-state index is 11.3. The molecule has 0 aliphatic carbocycles. The number of rotatable bonds is 0. The quantitative estimate of drug-likeness (QED) is 0.524. The van der Waals surface area contributed by atoms with Gasteiger partial charge in [0.15, 0.2) is 5.78 Å². The molecule has 2 saturated heterocycles. The van der Waals surface area contributed by atoms with Gasteiger partial charge in [-0.25, -0.2) is 4.79 Å². The van der Waals surface area contributed by atoms with Gasteiger partial charge in [-0.3, -0.25) is 9.69 Å². The molecule has 0 spiro atoms. The second kappa shape index (κ2) is 2.99. The minimum absolute atomic E-state index is 0.0205. The fraction of sp³-hybridized carbons (Fsp3) is 0.750. The van der Waals surface area contributed by atoms with E-state index in [0.717, 1.165) is 6.42 Å². The lowest BCUT2D eigenvalue weighted by atomic mass is 10.1. The van der Waals surface area contributed by atoms with Gasteiger partial charge in [0.05, 0.1) is 13.2 Å². The number of fused-ring (bicyclic) bond motifs is 1. The molecule has 0 radical (unpaired) electrons. The first-order valence-corrected chi connectivity index (χ1v) is 4.23. The van der Waals surface area contributed by atoms with Gasteiger partial charge in [0, 0.05) is 6.54 Å². The molecule has 2 atom stereocenters. The van der Waals surface area contributed by atoms with Crippen LogP contribution in [0.25, 0.3) is 0 Å². The van der Waals surface area contributed by atoms with Crippen molar-refractivity contribution in [2.24, 2.45) is 0 Å². The Morgan fingerprint density at radius 2 is 2.46 bits per heavy atom. The summed E-state index contributed by atoms with van der Waals surface area (Å²) in [6, 6.07) is -0.396. The Hall–Kier alpha value is -1.10. The first kappa shape index (κ1) is 8.50. The maximum Gasteiger partial charge on any atom is 0.410 e. The number of carbonyl (C=O) groups is 2. The number of hydrogen-bond acceptors (Lipinski definition) is 4. The Balaban J connectivity index is 2.14. The number of methoxy groups -OCH3 is 1. The summed E-state index contributed by atoms with van der Waals surface area (Å²) in [4.78, 5) is 24.0. The zero-order chi connectivity index (χ0) is 9.42. The van der Waals surface area contributed by atoms with Gasteiger partial charge in [0.25, 0.3) is 0 Å². The van der Waals surface area contributed by atoms with E-state index in [-0.39, 0.29) is 18.5 Å². The molecule has 5 heteroatoms. The molecule has 0 aromatic heterocycles. The molecular formula is C8H11NO4. The normalized spacial score (nSPS) is 32.1. The third-order valence-corrected chi connectivity index (χ3v) is 2.52. The monoisotopic (exact) mass is 185 g/mol. The van der Waals surface area contributed by atoms with E-state index in [0.29, 0.717) is 6.54 Å². The summed E-state index contributed by atoms with van der Waals surface area (Å²) in [6.07, 6.45) is 0.184. The predicted octanol–water partition coefficient (Wildman–Crippen LogP) is -0.205. The number of hydrogen-bond donors (Lipinski definition) is 0. The van der Waals surface area contributed by atoms with Gasteiger partial charge < -0.3 is 9.47 Å². The number of likely N-dealkylation sites (tertiary alicyclic amines) is 1. The van der Waals surface area contributed by atoms with Crippen LogP contribution in [-0.4, -0.2) is 49.2 Å². The van der Waals surface area contributed by atoms with Gasteiger partial charge in [0.2, 0.25) is 0 Å². The van der Waals surface area contributed by atoms with Gasteiger partial charge >= 0.3 is 6.09 Å². The average Bonchev–Trinajstić information content (AvgIpc) is 2.68. The zero-order valence-corrected chi connectivity index (χ0v) is 7.36. The highest BCUT2D eigenvalue weighted by Gasteiger charge is 2.47. The van der Waals surface area contributed by atoms with Crippen molar-refractivity contribution in [2.45, 2.75) is 18.6 Å². The standard InChI is InChI=1S/C8H11NO4/c1-12-8(11)9-3-2-6-7(9)5(10)4-13-6/h6-7H,2-4H2,1H3. The van der Waals surface area contributed by atoms with E-state index in [9.17, 15) is 9.59 Å². The molecular weight excluding hydrogens is 174 g/mol. The minimum atomic E-state index is -0.439. The molecule has 2 fully saturated rings. The number of nitrogens with zero attached hydrogens (tertiary/aromatic N) is 1. The topological polar surface area (TPSA) is 55.8 Å². The van der Waals surface area contributed by atoms with Crippen LogP contribution in [-0.2, 0) is 14.3 Å². The van der Waals surface area contributed by atoms with E-state index in [1.165, 1.54) is 12.0 Å². The van der Waals surface area contributed by atoms with Crippen molar-refractivity contribution >= 4 is 11.9 Å². The highest BCUT2D eigenvalue weighted by molar-refractivity contribution is 5.91. The maximum absolute atomic E-state index is 11.3. The molecule has 13 heavy (non-hydrogen) atoms. The summed E-state index contributed by atoms with van der Waals surface area (Å²) >= 11 is 0. The van der Waals surface area contributed by atoms with Gasteiger partial charge in [-0.15, -0.1) is 0 Å². The van der Waals surface area contributed by atoms with Crippen LogP contribution in [0.2, 0.25) is 0 Å². The summed E-state index contributed by atoms with van der Waals surface area (Å²) in [5.74, 6) is -0.0205. The second-order valence-corrected chi connectivity index (χ2v) is 3.21. The molecule has 0 N–H and O–H groups in total. The smallest absolute Gasteiger partial charge is 0.410 e. The Labute approximate surface area is 75.6 Å². The molecule has 0 saturated carbocycles. The van der Waals surface area contributed by atoms with Gasteiger partial charge in [-0.1, -0.05) is 0 Å². The van der Waals surface area contributed by atoms with Crippen LogP contribution < -0.4 is 0 Å². The third kappa shape index (κ3) is 1.19. The Kier molecular flexibility index (Phi) is 1.95. The first-order chi connectivity index (χ1) is 6.24. The zero-order valence-electron chi connectivity index (χ0n) is 7.36. The first-order valence-electron chi connectivity index (χ1n) is 4.23. The molecule has 72 valence electrons. The molecule has 2 aliphatic rings. The molecule has 2 aliphatic heterocycles. The molecule has 2 unspecified atom stereocenters. The summed E-state index contributed by atoms with van der Waals surface area (Å²) in [6.45, 7) is 0.677. The Bertz CT molecular complexity index is 253. The van der Waals surface area contributed by atoms with Crippen LogP contribution >= 0.6 is 0 Å². The fourth-order valence-electron chi connectivity index (χ4n) is 1.92. The lowest BCUT2D eigenvalue weighted by Crippen LogP contribution is -2.41. The van der Waals surface area contributed by atoms with E-state index in [2.05, 4.69) is 4.74 Å². The van der Waals surface area contributed by atoms with Crippen molar-refractivity contribution in [3.05, 3.63) is 0 Å². The van der Waals surface area contributed by atoms with E-state index >= 15 is 0 Å². The van der Waals surface area contributed by atoms with Crippen LogP contribution in [0, 0.1) is 0 Å². The van der Waals surface area contributed by atoms with Crippen LogP contribution in [0.4, 0.5) is 4.79 Å². The number of Topliss-reactive ketones (excluding diaryl/α,β-unsaturated/α-hetero) is 1. The Morgan fingerprint density at radius 3 is 3.15 bits per heavy atom. The van der Waals surface area contributed by atoms with Crippen molar-refractivity contribution < 1.29 is 19.1 Å². The van der Waals surface area contributed by atoms with Crippen molar-refractivity contribution in [2.75, 3.05) is 20.3 Å². The number of amides is 1. The van der Waals surface area contributed by atoms with Crippen molar-refractivity contribution in [1.29, 1.82) is 0 Å². The SMILES string of the molecule is COC(=O)N1CCC2OCC(=O)C21. The van der Waals surface area contributed by atoms with Crippen molar-refractivity contribution in [1.82, 2.24) is 4.90 Å². The van der Waals surface area contributed by atoms with E-state index in [4.69, 9.17) is 4.74 Å². The fourth-order valence-corrected chi connectivity index (χ4v) is 1.92. The lowest BCUT2D eigenvalue weighted by Gasteiger charge is -2.19. The van der Waals surface area contributed by atoms with Crippen molar-refractivity contribution in [3.63, 3.8) is 0 Å². The van der Waals surface area contributed by atoms with Crippen LogP contribution in [0.15, 0.2) is 0 Å². The minimum Gasteiger partial charge on any atom is -0.453 e. The molecule has 2 rings (SSSR count). The molecule has 0 bridgehead atoms. The lowest BCUT2D eigenvalue weighted by molar-refractivity contribution is -0.121. The predicted molar refractivity (Wildman–Crippen MR) is 42.3 cm³/mol. The second-order valence-electron chi connectivity index (χ2n) is 3.21. The average molecular weight is 185 g/mol. The number of ketones is 1. The summed E-state index contributed by atoms with van der Waals surface area (Å²) < 4.78 is 9.78. The van der Waals surface area contributed by atoms with Gasteiger partial charge in [-0.05, 0) is 6.42 Å². The third-order valence-electron chi connectivity index (χ3n) is 2.52. The molecule has 0 aromatic rings. The van der Waals surface area contributed by atoms with E-state index < -0.39 is 12.1 Å². The van der Waals surface area contributed by atoms with E-state index in [1.807, 2.05) is 0 Å². The highest BCUT2D eigenvalue weighted by atomic mass is 16.5. The Morgan fingerprint density at radius 1 is 1.69 bits per heavy atom. The van der Waals surface area contributed by atoms with Crippen molar-refractivity contribution in [3.8, 4) is 0 Å². The largest absolute Gasteiger partial charge is 0.453 e. The van der Waals surface area contributed by atoms with Gasteiger partial charge in [-0.2, -0.15) is 0 Å². The van der Waals surface area contributed by atoms with Gasteiger partial charge in [0.1, 0.15) is 12.6 Å². The molecule has 5 nitrogen and oxygen atoms in total. The number of ether oxygens (including phenoxy) is 2. The van der Waals surface area contributed by atoms with Crippen LogP contribution in [0.5, 0.6) is 0 Å². The van der Waals surface area contributed by atoms with E-state index in [1.54, 1.807) is 0 Å². The molecule has 0 aromatic carbocycles.